The van der Waals surface area contributed by atoms with Gasteiger partial charge in [0.05, 0.1) is 6.61 Å². The van der Waals surface area contributed by atoms with E-state index in [-0.39, 0.29) is 11.6 Å². The molecule has 0 aromatic heterocycles. The number of thioether (sulfide) groups is 1. The van der Waals surface area contributed by atoms with Crippen molar-refractivity contribution in [2.75, 3.05) is 6.61 Å². The molecular weight excluding hydrogens is 356 g/mol. The molecule has 1 aromatic carbocycles. The van der Waals surface area contributed by atoms with Crippen molar-refractivity contribution in [1.29, 1.82) is 0 Å². The number of ether oxygens (including phenoxy) is 1. The van der Waals surface area contributed by atoms with E-state index in [0.29, 0.717) is 0 Å². The quantitative estimate of drug-likeness (QED) is 0.675. The Kier molecular flexibility index (Phi) is 6.75. The van der Waals surface area contributed by atoms with Gasteiger partial charge in [0, 0.05) is 4.90 Å². The molecule has 0 radical (unpaired) electrons. The van der Waals surface area contributed by atoms with E-state index in [1.807, 2.05) is 30.3 Å². The first-order valence-electron chi connectivity index (χ1n) is 8.58. The summed E-state index contributed by atoms with van der Waals surface area (Å²) in [7, 11) is -2.00. The highest BCUT2D eigenvalue weighted by atomic mass is 32.2. The summed E-state index contributed by atoms with van der Waals surface area (Å²) in [4.78, 5) is 0.930. The molecule has 0 bridgehead atoms. The van der Waals surface area contributed by atoms with Crippen LogP contribution in [0.5, 0.6) is 0 Å². The Hall–Kier alpha value is -0.413. The van der Waals surface area contributed by atoms with E-state index < -0.39 is 38.2 Å². The van der Waals surface area contributed by atoms with Crippen LogP contribution < -0.4 is 0 Å². The average molecular weight is 387 g/mol. The van der Waals surface area contributed by atoms with Gasteiger partial charge in [-0.2, -0.15) is 0 Å². The summed E-state index contributed by atoms with van der Waals surface area (Å²) in [5.74, 6) is 0. The predicted octanol–water partition coefficient (Wildman–Crippen LogP) is 2.61. The second-order valence-corrected chi connectivity index (χ2v) is 14.0. The highest BCUT2D eigenvalue weighted by Crippen LogP contribution is 2.38. The van der Waals surface area contributed by atoms with Crippen LogP contribution in [-0.2, 0) is 9.16 Å². The van der Waals surface area contributed by atoms with Gasteiger partial charge in [0.2, 0.25) is 0 Å². The topological polar surface area (TPSA) is 79.2 Å². The van der Waals surface area contributed by atoms with Crippen molar-refractivity contribution in [3.05, 3.63) is 30.3 Å². The lowest BCUT2D eigenvalue weighted by Crippen LogP contribution is -2.58. The Balaban J connectivity index is 2.05. The van der Waals surface area contributed by atoms with Crippen LogP contribution >= 0.6 is 11.8 Å². The molecule has 0 aliphatic carbocycles. The Morgan fingerprint density at radius 1 is 1.04 bits per heavy atom. The van der Waals surface area contributed by atoms with Crippen molar-refractivity contribution in [1.82, 2.24) is 0 Å². The maximum absolute atomic E-state index is 10.3. The molecule has 5 unspecified atom stereocenters. The van der Waals surface area contributed by atoms with Gasteiger partial charge in [-0.25, -0.2) is 0 Å². The third-order valence-electron chi connectivity index (χ3n) is 5.08. The Labute approximate surface area is 155 Å². The summed E-state index contributed by atoms with van der Waals surface area (Å²) in [5.41, 5.74) is -0.659. The molecule has 5 atom stereocenters. The van der Waals surface area contributed by atoms with Gasteiger partial charge in [0.1, 0.15) is 29.9 Å². The first kappa shape index (κ1) is 20.9. The second kappa shape index (κ2) is 8.08. The number of rotatable bonds is 5. The Morgan fingerprint density at radius 2 is 1.64 bits per heavy atom. The fourth-order valence-corrected chi connectivity index (χ4v) is 4.39. The van der Waals surface area contributed by atoms with Gasteiger partial charge < -0.3 is 24.5 Å². The molecule has 3 N–H and O–H groups in total. The molecule has 1 aromatic rings. The molecule has 0 spiro atoms. The van der Waals surface area contributed by atoms with Gasteiger partial charge in [-0.1, -0.05) is 50.7 Å². The zero-order chi connectivity index (χ0) is 18.8. The molecule has 2 rings (SSSR count). The largest absolute Gasteiger partial charge is 0.414 e. The molecule has 1 fully saturated rings. The molecule has 142 valence electrons. The summed E-state index contributed by atoms with van der Waals surface area (Å²) in [6.07, 6.45) is -4.27. The minimum Gasteiger partial charge on any atom is -0.414 e. The van der Waals surface area contributed by atoms with E-state index >= 15 is 0 Å². The van der Waals surface area contributed by atoms with Crippen molar-refractivity contribution in [3.8, 4) is 0 Å². The second-order valence-electron chi connectivity index (χ2n) is 8.02. The van der Waals surface area contributed by atoms with Crippen LogP contribution in [0.15, 0.2) is 35.2 Å². The minimum atomic E-state index is -2.00. The van der Waals surface area contributed by atoms with Crippen molar-refractivity contribution < 1.29 is 24.5 Å². The molecule has 1 aliphatic rings. The molecule has 1 heterocycles. The van der Waals surface area contributed by atoms with E-state index in [4.69, 9.17) is 9.16 Å². The Bertz CT molecular complexity index is 548. The zero-order valence-electron chi connectivity index (χ0n) is 15.5. The minimum absolute atomic E-state index is 0.0446. The number of aliphatic hydroxyl groups is 3. The lowest BCUT2D eigenvalue weighted by Gasteiger charge is -2.42. The van der Waals surface area contributed by atoms with Gasteiger partial charge in [-0.15, -0.1) is 0 Å². The molecule has 1 saturated heterocycles. The van der Waals surface area contributed by atoms with Crippen molar-refractivity contribution in [2.45, 2.75) is 73.7 Å². The van der Waals surface area contributed by atoms with Gasteiger partial charge in [-0.05, 0) is 30.3 Å². The first-order valence-corrected chi connectivity index (χ1v) is 12.4. The summed E-state index contributed by atoms with van der Waals surface area (Å²) >= 11 is 1.33. The van der Waals surface area contributed by atoms with Crippen LogP contribution in [0.2, 0.25) is 18.1 Å². The first-order chi connectivity index (χ1) is 11.5. The third-order valence-corrected chi connectivity index (χ3v) is 10.7. The highest BCUT2D eigenvalue weighted by Gasteiger charge is 2.45. The number of aliphatic hydroxyl groups excluding tert-OH is 3. The van der Waals surface area contributed by atoms with Crippen LogP contribution in [-0.4, -0.2) is 60.1 Å². The van der Waals surface area contributed by atoms with Crippen molar-refractivity contribution in [3.63, 3.8) is 0 Å². The fraction of sp³-hybridized carbons (Fsp3) is 0.667. The predicted molar refractivity (Wildman–Crippen MR) is 102 cm³/mol. The van der Waals surface area contributed by atoms with E-state index in [1.165, 1.54) is 11.8 Å². The van der Waals surface area contributed by atoms with Gasteiger partial charge in [0.15, 0.2) is 8.32 Å². The SMILES string of the molecule is CC(C)(C)[Si](C)(C)OCC1OC(Sc2ccccc2)C(O)C(O)C1O. The molecular formula is C18H30O5SSi. The number of hydrogen-bond donors (Lipinski definition) is 3. The highest BCUT2D eigenvalue weighted by molar-refractivity contribution is 7.99. The van der Waals surface area contributed by atoms with E-state index in [9.17, 15) is 15.3 Å². The van der Waals surface area contributed by atoms with Gasteiger partial charge >= 0.3 is 0 Å². The summed E-state index contributed by atoms with van der Waals surface area (Å²) < 4.78 is 12.0. The normalized spacial score (nSPS) is 31.1. The number of hydrogen-bond acceptors (Lipinski definition) is 6. The lowest BCUT2D eigenvalue weighted by atomic mass is 10.0. The molecule has 25 heavy (non-hydrogen) atoms. The third kappa shape index (κ3) is 5.06. The molecule has 0 amide bonds. The van der Waals surface area contributed by atoms with E-state index in [1.54, 1.807) is 0 Å². The maximum Gasteiger partial charge on any atom is 0.192 e. The lowest BCUT2D eigenvalue weighted by molar-refractivity contribution is -0.204. The van der Waals surface area contributed by atoms with Crippen LogP contribution in [0.3, 0.4) is 0 Å². The summed E-state index contributed by atoms with van der Waals surface area (Å²) in [5, 5.41) is 30.8. The summed E-state index contributed by atoms with van der Waals surface area (Å²) in [6.45, 7) is 10.9. The summed E-state index contributed by atoms with van der Waals surface area (Å²) in [6, 6.07) is 9.55. The van der Waals surface area contributed by atoms with Crippen LogP contribution in [0, 0.1) is 0 Å². The number of benzene rings is 1. The fourth-order valence-electron chi connectivity index (χ4n) is 2.29. The van der Waals surface area contributed by atoms with E-state index in [2.05, 4.69) is 33.9 Å². The van der Waals surface area contributed by atoms with Gasteiger partial charge in [-0.3, -0.25) is 0 Å². The molecule has 5 nitrogen and oxygen atoms in total. The van der Waals surface area contributed by atoms with E-state index in [0.717, 1.165) is 4.90 Å². The van der Waals surface area contributed by atoms with Crippen molar-refractivity contribution >= 4 is 20.1 Å². The van der Waals surface area contributed by atoms with Crippen molar-refractivity contribution in [2.24, 2.45) is 0 Å². The van der Waals surface area contributed by atoms with Crippen LogP contribution in [0.25, 0.3) is 0 Å². The van der Waals surface area contributed by atoms with Gasteiger partial charge in [0.25, 0.3) is 0 Å². The standard InChI is InChI=1S/C18H30O5SSi/c1-18(2,3)25(4,5)22-11-13-14(19)15(20)16(21)17(23-13)24-12-9-7-6-8-10-12/h6-10,13-17,19-21H,11H2,1-5H3. The zero-order valence-corrected chi connectivity index (χ0v) is 17.4. The smallest absolute Gasteiger partial charge is 0.192 e. The Morgan fingerprint density at radius 3 is 2.20 bits per heavy atom. The molecule has 1 aliphatic heterocycles. The maximum atomic E-state index is 10.3. The average Bonchev–Trinajstić information content (AvgIpc) is 2.54. The monoisotopic (exact) mass is 386 g/mol. The van der Waals surface area contributed by atoms with Crippen LogP contribution in [0.4, 0.5) is 0 Å². The van der Waals surface area contributed by atoms with Crippen LogP contribution in [0.1, 0.15) is 20.8 Å². The molecule has 7 heteroatoms. The molecule has 0 saturated carbocycles.